The van der Waals surface area contributed by atoms with Crippen LogP contribution in [0, 0.1) is 0 Å². The molecule has 0 bridgehead atoms. The first-order valence-corrected chi connectivity index (χ1v) is 10.8. The van der Waals surface area contributed by atoms with Crippen LogP contribution in [0.3, 0.4) is 0 Å². The number of benzene rings is 2. The second-order valence-corrected chi connectivity index (χ2v) is 8.23. The minimum Gasteiger partial charge on any atom is -0.337 e. The van der Waals surface area contributed by atoms with Crippen molar-refractivity contribution in [3.63, 3.8) is 0 Å². The van der Waals surface area contributed by atoms with Crippen molar-refractivity contribution in [3.05, 3.63) is 89.2 Å². The fraction of sp³-hybridized carbons (Fsp3) is 0.360. The summed E-state index contributed by atoms with van der Waals surface area (Å²) < 4.78 is 1.92. The maximum atomic E-state index is 12.8. The lowest BCUT2D eigenvalue weighted by molar-refractivity contribution is 0.0785. The molecule has 1 amide bonds. The minimum absolute atomic E-state index is 0.0373. The third kappa shape index (κ3) is 5.36. The van der Waals surface area contributed by atoms with E-state index in [0.717, 1.165) is 24.2 Å². The number of piperidine rings is 1. The molecule has 0 radical (unpaired) electrons. The number of hydrogen-bond donors (Lipinski definition) is 0. The van der Waals surface area contributed by atoms with E-state index >= 15 is 0 Å². The third-order valence-electron chi connectivity index (χ3n) is 5.70. The van der Waals surface area contributed by atoms with Crippen molar-refractivity contribution in [3.8, 4) is 0 Å². The van der Waals surface area contributed by atoms with Gasteiger partial charge in [-0.1, -0.05) is 48.9 Å². The Morgan fingerprint density at radius 1 is 0.900 bits per heavy atom. The van der Waals surface area contributed by atoms with Gasteiger partial charge in [0.2, 0.25) is 0 Å². The van der Waals surface area contributed by atoms with Crippen molar-refractivity contribution in [2.24, 2.45) is 0 Å². The Morgan fingerprint density at radius 2 is 1.60 bits per heavy atom. The predicted octanol–water partition coefficient (Wildman–Crippen LogP) is 4.19. The molecule has 0 atom stereocenters. The number of amides is 1. The van der Waals surface area contributed by atoms with Crippen LogP contribution in [-0.2, 0) is 19.6 Å². The van der Waals surface area contributed by atoms with Crippen LogP contribution in [-0.4, -0.2) is 45.6 Å². The molecule has 1 aliphatic heterocycles. The number of likely N-dealkylation sites (tertiary alicyclic amines) is 1. The molecule has 5 nitrogen and oxygen atoms in total. The standard InChI is InChI=1S/C25H30N4O/c1-27(17-23-16-26-29(20-23)19-21-8-4-2-5-9-21)25(30)24-12-10-22(11-13-24)18-28-14-6-3-7-15-28/h2,4-5,8-13,16,20H,3,6-7,14-15,17-19H2,1H3. The van der Waals surface area contributed by atoms with Crippen molar-refractivity contribution in [1.29, 1.82) is 0 Å². The van der Waals surface area contributed by atoms with Gasteiger partial charge in [-0.3, -0.25) is 14.4 Å². The molecule has 30 heavy (non-hydrogen) atoms. The largest absolute Gasteiger partial charge is 0.337 e. The van der Waals surface area contributed by atoms with Crippen molar-refractivity contribution < 1.29 is 4.79 Å². The van der Waals surface area contributed by atoms with Crippen LogP contribution < -0.4 is 0 Å². The maximum absolute atomic E-state index is 12.8. The van der Waals surface area contributed by atoms with Crippen molar-refractivity contribution in [1.82, 2.24) is 19.6 Å². The summed E-state index contributed by atoms with van der Waals surface area (Å²) in [4.78, 5) is 17.1. The first-order chi connectivity index (χ1) is 14.7. The summed E-state index contributed by atoms with van der Waals surface area (Å²) in [6.45, 7) is 4.62. The van der Waals surface area contributed by atoms with E-state index < -0.39 is 0 Å². The van der Waals surface area contributed by atoms with Crippen LogP contribution in [0.25, 0.3) is 0 Å². The summed E-state index contributed by atoms with van der Waals surface area (Å²) in [7, 11) is 1.85. The summed E-state index contributed by atoms with van der Waals surface area (Å²) in [5, 5.41) is 4.44. The van der Waals surface area contributed by atoms with Gasteiger partial charge in [0, 0.05) is 37.5 Å². The minimum atomic E-state index is 0.0373. The highest BCUT2D eigenvalue weighted by molar-refractivity contribution is 5.94. The van der Waals surface area contributed by atoms with Crippen molar-refractivity contribution in [2.75, 3.05) is 20.1 Å². The van der Waals surface area contributed by atoms with E-state index in [0.29, 0.717) is 6.54 Å². The van der Waals surface area contributed by atoms with Gasteiger partial charge in [-0.2, -0.15) is 5.10 Å². The zero-order chi connectivity index (χ0) is 20.8. The Balaban J connectivity index is 1.32. The van der Waals surface area contributed by atoms with Crippen LogP contribution in [0.15, 0.2) is 67.0 Å². The SMILES string of the molecule is CN(Cc1cnn(Cc2ccccc2)c1)C(=O)c1ccc(CN2CCCCC2)cc1. The smallest absolute Gasteiger partial charge is 0.253 e. The van der Waals surface area contributed by atoms with E-state index in [1.807, 2.05) is 54.5 Å². The molecular weight excluding hydrogens is 372 g/mol. The molecule has 0 saturated carbocycles. The molecule has 2 heterocycles. The number of nitrogens with zero attached hydrogens (tertiary/aromatic N) is 4. The Bertz CT molecular complexity index is 943. The molecule has 0 spiro atoms. The Labute approximate surface area is 178 Å². The highest BCUT2D eigenvalue weighted by Crippen LogP contribution is 2.15. The Kier molecular flexibility index (Phi) is 6.60. The third-order valence-corrected chi connectivity index (χ3v) is 5.70. The number of hydrogen-bond acceptors (Lipinski definition) is 3. The topological polar surface area (TPSA) is 41.4 Å². The Morgan fingerprint density at radius 3 is 2.33 bits per heavy atom. The molecule has 1 aliphatic rings. The van der Waals surface area contributed by atoms with Gasteiger partial charge in [-0.15, -0.1) is 0 Å². The highest BCUT2D eigenvalue weighted by Gasteiger charge is 2.14. The first-order valence-electron chi connectivity index (χ1n) is 10.8. The number of aromatic nitrogens is 2. The predicted molar refractivity (Wildman–Crippen MR) is 119 cm³/mol. The molecule has 156 valence electrons. The summed E-state index contributed by atoms with van der Waals surface area (Å²) >= 11 is 0. The average Bonchev–Trinajstić information content (AvgIpc) is 3.22. The summed E-state index contributed by atoms with van der Waals surface area (Å²) in [6, 6.07) is 18.3. The number of carbonyl (C=O) groups excluding carboxylic acids is 1. The monoisotopic (exact) mass is 402 g/mol. The van der Waals surface area contributed by atoms with Crippen molar-refractivity contribution in [2.45, 2.75) is 38.9 Å². The van der Waals surface area contributed by atoms with E-state index in [-0.39, 0.29) is 5.91 Å². The second kappa shape index (κ2) is 9.72. The zero-order valence-electron chi connectivity index (χ0n) is 17.7. The van der Waals surface area contributed by atoms with Gasteiger partial charge in [-0.05, 0) is 49.2 Å². The molecule has 1 saturated heterocycles. The molecular formula is C25H30N4O. The van der Waals surface area contributed by atoms with E-state index in [2.05, 4.69) is 34.3 Å². The molecule has 0 aliphatic carbocycles. The second-order valence-electron chi connectivity index (χ2n) is 8.23. The Hall–Kier alpha value is -2.92. The van der Waals surface area contributed by atoms with E-state index in [1.165, 1.54) is 43.5 Å². The van der Waals surface area contributed by atoms with Gasteiger partial charge in [-0.25, -0.2) is 0 Å². The van der Waals surface area contributed by atoms with Gasteiger partial charge in [0.1, 0.15) is 0 Å². The molecule has 1 aromatic heterocycles. The van der Waals surface area contributed by atoms with Gasteiger partial charge >= 0.3 is 0 Å². The summed E-state index contributed by atoms with van der Waals surface area (Å²) in [5.41, 5.74) is 4.25. The van der Waals surface area contributed by atoms with E-state index in [1.54, 1.807) is 4.90 Å². The van der Waals surface area contributed by atoms with Crippen LogP contribution in [0.4, 0.5) is 0 Å². The highest BCUT2D eigenvalue weighted by atomic mass is 16.2. The van der Waals surface area contributed by atoms with E-state index in [9.17, 15) is 4.79 Å². The van der Waals surface area contributed by atoms with Crippen LogP contribution in [0.2, 0.25) is 0 Å². The van der Waals surface area contributed by atoms with Gasteiger partial charge in [0.05, 0.1) is 12.7 Å². The normalized spacial score (nSPS) is 14.6. The molecule has 2 aromatic carbocycles. The fourth-order valence-electron chi connectivity index (χ4n) is 4.04. The average molecular weight is 403 g/mol. The maximum Gasteiger partial charge on any atom is 0.253 e. The summed E-state index contributed by atoms with van der Waals surface area (Å²) in [6.07, 6.45) is 7.79. The van der Waals surface area contributed by atoms with Crippen molar-refractivity contribution >= 4 is 5.91 Å². The quantitative estimate of drug-likeness (QED) is 0.595. The zero-order valence-corrected chi connectivity index (χ0v) is 17.7. The van der Waals surface area contributed by atoms with Crippen LogP contribution >= 0.6 is 0 Å². The fourth-order valence-corrected chi connectivity index (χ4v) is 4.04. The molecule has 3 aromatic rings. The first kappa shape index (κ1) is 20.4. The lowest BCUT2D eigenvalue weighted by Crippen LogP contribution is -2.29. The van der Waals surface area contributed by atoms with Gasteiger partial charge in [0.15, 0.2) is 0 Å². The molecule has 4 rings (SSSR count). The molecule has 0 N–H and O–H groups in total. The van der Waals surface area contributed by atoms with Gasteiger partial charge in [0.25, 0.3) is 5.91 Å². The molecule has 0 unspecified atom stereocenters. The number of rotatable bonds is 7. The van der Waals surface area contributed by atoms with Crippen LogP contribution in [0.1, 0.15) is 46.3 Å². The van der Waals surface area contributed by atoms with Crippen LogP contribution in [0.5, 0.6) is 0 Å². The lowest BCUT2D eigenvalue weighted by Gasteiger charge is -2.26. The lowest BCUT2D eigenvalue weighted by atomic mass is 10.1. The summed E-state index contributed by atoms with van der Waals surface area (Å²) in [5.74, 6) is 0.0373. The number of carbonyl (C=O) groups is 1. The van der Waals surface area contributed by atoms with Gasteiger partial charge < -0.3 is 4.90 Å². The molecule has 5 heteroatoms. The molecule has 1 fully saturated rings. The van der Waals surface area contributed by atoms with E-state index in [4.69, 9.17) is 0 Å².